The van der Waals surface area contributed by atoms with Crippen LogP contribution >= 0.6 is 11.6 Å². The van der Waals surface area contributed by atoms with Crippen molar-refractivity contribution in [3.63, 3.8) is 0 Å². The number of hydrogen-bond donors (Lipinski definition) is 1. The lowest BCUT2D eigenvalue weighted by Gasteiger charge is -2.18. The van der Waals surface area contributed by atoms with Gasteiger partial charge < -0.3 is 14.6 Å². The molecule has 0 fully saturated rings. The first-order valence-corrected chi connectivity index (χ1v) is 7.55. The molecule has 0 saturated carbocycles. The zero-order valence-corrected chi connectivity index (χ0v) is 13.2. The quantitative estimate of drug-likeness (QED) is 0.834. The molecule has 1 aromatic carbocycles. The molecule has 1 unspecified atom stereocenters. The van der Waals surface area contributed by atoms with Crippen LogP contribution in [0, 0.1) is 0 Å². The Balaban J connectivity index is 2.20. The molecule has 2 rings (SSSR count). The lowest BCUT2D eigenvalue weighted by molar-refractivity contribution is 0.337. The Hall–Kier alpha value is -1.03. The highest BCUT2D eigenvalue weighted by molar-refractivity contribution is 6.31. The molecule has 2 aromatic rings. The fourth-order valence-electron chi connectivity index (χ4n) is 2.26. The molecule has 0 saturated heterocycles. The topological polar surface area (TPSA) is 28.4 Å². The molecule has 1 atom stereocenters. The van der Waals surface area contributed by atoms with Gasteiger partial charge in [-0.2, -0.15) is 0 Å². The van der Waals surface area contributed by atoms with Gasteiger partial charge in [0.15, 0.2) is 0 Å². The molecule has 0 aliphatic heterocycles. The summed E-state index contributed by atoms with van der Waals surface area (Å²) < 4.78 is 5.97. The summed E-state index contributed by atoms with van der Waals surface area (Å²) in [6.07, 6.45) is 2.14. The largest absolute Gasteiger partial charge is 0.459 e. The van der Waals surface area contributed by atoms with Crippen molar-refractivity contribution in [2.75, 3.05) is 27.2 Å². The van der Waals surface area contributed by atoms with E-state index in [2.05, 4.69) is 37.3 Å². The molecular weight excluding hydrogens is 272 g/mol. The molecule has 0 radical (unpaired) electrons. The molecule has 1 heterocycles. The molecular formula is C16H23ClN2O. The van der Waals surface area contributed by atoms with Crippen molar-refractivity contribution in [3.8, 4) is 0 Å². The molecule has 1 N–H and O–H groups in total. The first-order valence-electron chi connectivity index (χ1n) is 7.17. The third-order valence-corrected chi connectivity index (χ3v) is 3.58. The molecule has 0 aliphatic carbocycles. The van der Waals surface area contributed by atoms with Gasteiger partial charge in [0.2, 0.25) is 0 Å². The minimum atomic E-state index is 0.253. The van der Waals surface area contributed by atoms with Gasteiger partial charge in [-0.05, 0) is 64.3 Å². The highest BCUT2D eigenvalue weighted by Crippen LogP contribution is 2.28. The fourth-order valence-corrected chi connectivity index (χ4v) is 2.44. The lowest BCUT2D eigenvalue weighted by atomic mass is 10.1. The maximum Gasteiger partial charge on any atom is 0.134 e. The van der Waals surface area contributed by atoms with Crippen molar-refractivity contribution in [1.82, 2.24) is 10.2 Å². The summed E-state index contributed by atoms with van der Waals surface area (Å²) in [5, 5.41) is 5.38. The van der Waals surface area contributed by atoms with E-state index in [4.69, 9.17) is 16.0 Å². The van der Waals surface area contributed by atoms with E-state index in [0.29, 0.717) is 0 Å². The summed E-state index contributed by atoms with van der Waals surface area (Å²) in [5.74, 6) is 0.998. The van der Waals surface area contributed by atoms with Gasteiger partial charge in [-0.15, -0.1) is 0 Å². The molecule has 0 amide bonds. The monoisotopic (exact) mass is 294 g/mol. The molecule has 0 aliphatic rings. The van der Waals surface area contributed by atoms with Crippen molar-refractivity contribution >= 4 is 22.6 Å². The van der Waals surface area contributed by atoms with E-state index in [9.17, 15) is 0 Å². The summed E-state index contributed by atoms with van der Waals surface area (Å²) in [7, 11) is 4.19. The van der Waals surface area contributed by atoms with E-state index >= 15 is 0 Å². The summed E-state index contributed by atoms with van der Waals surface area (Å²) in [6.45, 7) is 4.20. The van der Waals surface area contributed by atoms with Crippen molar-refractivity contribution in [2.24, 2.45) is 0 Å². The van der Waals surface area contributed by atoms with Crippen LogP contribution in [0.25, 0.3) is 11.0 Å². The van der Waals surface area contributed by atoms with Gasteiger partial charge in [-0.3, -0.25) is 0 Å². The number of furan rings is 1. The van der Waals surface area contributed by atoms with Crippen molar-refractivity contribution < 1.29 is 4.42 Å². The maximum absolute atomic E-state index is 6.03. The first kappa shape index (κ1) is 15.4. The normalized spacial score (nSPS) is 13.2. The third kappa shape index (κ3) is 3.98. The summed E-state index contributed by atoms with van der Waals surface area (Å²) in [4.78, 5) is 2.19. The standard InChI is InChI=1S/C16H23ClN2O/c1-4-8-18-14(7-9-19(2)3)16-11-12-10-13(17)5-6-15(12)20-16/h5-6,10-11,14,18H,4,7-9H2,1-3H3. The number of fused-ring (bicyclic) bond motifs is 1. The zero-order chi connectivity index (χ0) is 14.5. The molecule has 0 spiro atoms. The second kappa shape index (κ2) is 7.11. The van der Waals surface area contributed by atoms with Gasteiger partial charge in [-0.25, -0.2) is 0 Å². The average Bonchev–Trinajstić information content (AvgIpc) is 2.81. The van der Waals surface area contributed by atoms with E-state index < -0.39 is 0 Å². The molecule has 20 heavy (non-hydrogen) atoms. The van der Waals surface area contributed by atoms with Crippen molar-refractivity contribution in [3.05, 3.63) is 35.0 Å². The highest BCUT2D eigenvalue weighted by Gasteiger charge is 2.16. The van der Waals surface area contributed by atoms with Gasteiger partial charge >= 0.3 is 0 Å². The van der Waals surface area contributed by atoms with E-state index in [1.165, 1.54) is 0 Å². The smallest absolute Gasteiger partial charge is 0.134 e. The third-order valence-electron chi connectivity index (χ3n) is 3.35. The number of nitrogens with zero attached hydrogens (tertiary/aromatic N) is 1. The Labute approximate surface area is 125 Å². The SMILES string of the molecule is CCCNC(CCN(C)C)c1cc2cc(Cl)ccc2o1. The molecule has 0 bridgehead atoms. The van der Waals surface area contributed by atoms with Gasteiger partial charge in [0.05, 0.1) is 6.04 Å². The minimum absolute atomic E-state index is 0.253. The summed E-state index contributed by atoms with van der Waals surface area (Å²) >= 11 is 6.03. The Bertz CT molecular complexity index is 550. The maximum atomic E-state index is 6.03. The van der Waals surface area contributed by atoms with Crippen molar-refractivity contribution in [2.45, 2.75) is 25.8 Å². The molecule has 1 aromatic heterocycles. The minimum Gasteiger partial charge on any atom is -0.459 e. The van der Waals surface area contributed by atoms with E-state index in [0.717, 1.165) is 47.7 Å². The second-order valence-electron chi connectivity index (χ2n) is 5.43. The first-order chi connectivity index (χ1) is 9.60. The Morgan fingerprint density at radius 3 is 2.80 bits per heavy atom. The summed E-state index contributed by atoms with van der Waals surface area (Å²) in [6, 6.07) is 8.11. The molecule has 3 nitrogen and oxygen atoms in total. The lowest BCUT2D eigenvalue weighted by Crippen LogP contribution is -2.26. The van der Waals surface area contributed by atoms with E-state index in [1.807, 2.05) is 18.2 Å². The van der Waals surface area contributed by atoms with Crippen LogP contribution in [0.3, 0.4) is 0 Å². The number of halogens is 1. The van der Waals surface area contributed by atoms with Gasteiger partial charge in [-0.1, -0.05) is 18.5 Å². The van der Waals surface area contributed by atoms with E-state index in [1.54, 1.807) is 0 Å². The Kier molecular flexibility index (Phi) is 5.46. The number of rotatable bonds is 7. The van der Waals surface area contributed by atoms with Crippen LogP contribution in [0.4, 0.5) is 0 Å². The average molecular weight is 295 g/mol. The van der Waals surface area contributed by atoms with E-state index in [-0.39, 0.29) is 6.04 Å². The number of nitrogens with one attached hydrogen (secondary N) is 1. The number of hydrogen-bond acceptors (Lipinski definition) is 3. The van der Waals surface area contributed by atoms with Gasteiger partial charge in [0.1, 0.15) is 11.3 Å². The fraction of sp³-hybridized carbons (Fsp3) is 0.500. The van der Waals surface area contributed by atoms with Crippen LogP contribution in [0.15, 0.2) is 28.7 Å². The van der Waals surface area contributed by atoms with Crippen molar-refractivity contribution in [1.29, 1.82) is 0 Å². The van der Waals surface area contributed by atoms with Crippen LogP contribution in [0.1, 0.15) is 31.6 Å². The Morgan fingerprint density at radius 2 is 2.10 bits per heavy atom. The van der Waals surface area contributed by atoms with Crippen LogP contribution in [0.5, 0.6) is 0 Å². The van der Waals surface area contributed by atoms with Crippen LogP contribution in [-0.4, -0.2) is 32.1 Å². The highest BCUT2D eigenvalue weighted by atomic mass is 35.5. The van der Waals surface area contributed by atoms with Crippen LogP contribution < -0.4 is 5.32 Å². The predicted octanol–water partition coefficient (Wildman–Crippen LogP) is 4.08. The summed E-state index contributed by atoms with van der Waals surface area (Å²) in [5.41, 5.74) is 0.901. The van der Waals surface area contributed by atoms with Gasteiger partial charge in [0.25, 0.3) is 0 Å². The zero-order valence-electron chi connectivity index (χ0n) is 12.4. The predicted molar refractivity (Wildman–Crippen MR) is 85.4 cm³/mol. The number of benzene rings is 1. The Morgan fingerprint density at radius 1 is 1.30 bits per heavy atom. The molecule has 110 valence electrons. The molecule has 4 heteroatoms. The van der Waals surface area contributed by atoms with Crippen LogP contribution in [0.2, 0.25) is 5.02 Å². The van der Waals surface area contributed by atoms with Gasteiger partial charge in [0, 0.05) is 10.4 Å². The second-order valence-corrected chi connectivity index (χ2v) is 5.87. The van der Waals surface area contributed by atoms with Crippen LogP contribution in [-0.2, 0) is 0 Å².